The molecule has 0 saturated carbocycles. The van der Waals surface area contributed by atoms with E-state index < -0.39 is 20.7 Å². The first-order valence-corrected chi connectivity index (χ1v) is 8.49. The highest BCUT2D eigenvalue weighted by molar-refractivity contribution is 8.31. The van der Waals surface area contributed by atoms with Crippen LogP contribution in [-0.2, 0) is 24.0 Å². The van der Waals surface area contributed by atoms with Crippen LogP contribution in [0.5, 0.6) is 0 Å². The fourth-order valence-electron chi connectivity index (χ4n) is 1.25. The SMILES string of the molecule is COS(=O)(=O)OS(C)(C)Cc1ccccc1. The van der Waals surface area contributed by atoms with Gasteiger partial charge in [0.15, 0.2) is 0 Å². The lowest BCUT2D eigenvalue weighted by molar-refractivity contribution is 0.341. The van der Waals surface area contributed by atoms with Gasteiger partial charge in [-0.05, 0) is 18.1 Å². The van der Waals surface area contributed by atoms with Crippen molar-refractivity contribution >= 4 is 20.7 Å². The summed E-state index contributed by atoms with van der Waals surface area (Å²) in [5.41, 5.74) is 1.05. The van der Waals surface area contributed by atoms with Gasteiger partial charge in [0.25, 0.3) is 0 Å². The molecule has 0 fully saturated rings. The van der Waals surface area contributed by atoms with Gasteiger partial charge in [0, 0.05) is 5.75 Å². The summed E-state index contributed by atoms with van der Waals surface area (Å²) in [6.45, 7) is 0. The molecule has 6 heteroatoms. The first-order valence-electron chi connectivity index (χ1n) is 4.61. The minimum atomic E-state index is -3.86. The standard InChI is InChI=1S/C10H16O4S2/c1-13-16(11,12)14-15(2,3)9-10-7-5-4-6-8-10/h4-8H,9H2,1-3H3. The quantitative estimate of drug-likeness (QED) is 0.817. The van der Waals surface area contributed by atoms with E-state index in [-0.39, 0.29) is 0 Å². The van der Waals surface area contributed by atoms with Crippen LogP contribution in [0.3, 0.4) is 0 Å². The van der Waals surface area contributed by atoms with Gasteiger partial charge in [0.05, 0.1) is 7.11 Å². The Morgan fingerprint density at radius 3 is 2.19 bits per heavy atom. The van der Waals surface area contributed by atoms with E-state index in [9.17, 15) is 8.42 Å². The molecule has 0 spiro atoms. The van der Waals surface area contributed by atoms with E-state index in [1.165, 1.54) is 0 Å². The smallest absolute Gasteiger partial charge is 0.251 e. The first kappa shape index (κ1) is 13.5. The molecule has 1 rings (SSSR count). The zero-order chi connectivity index (χ0) is 12.2. The summed E-state index contributed by atoms with van der Waals surface area (Å²) in [7, 11) is -4.49. The molecule has 16 heavy (non-hydrogen) atoms. The fourth-order valence-corrected chi connectivity index (χ4v) is 4.47. The van der Waals surface area contributed by atoms with Crippen molar-refractivity contribution in [2.24, 2.45) is 0 Å². The fraction of sp³-hybridized carbons (Fsp3) is 0.400. The van der Waals surface area contributed by atoms with Crippen molar-refractivity contribution in [3.63, 3.8) is 0 Å². The van der Waals surface area contributed by atoms with Gasteiger partial charge in [0.1, 0.15) is 0 Å². The Labute approximate surface area is 98.4 Å². The second kappa shape index (κ2) is 5.18. The lowest BCUT2D eigenvalue weighted by Gasteiger charge is -2.28. The Balaban J connectivity index is 2.73. The molecule has 0 aliphatic heterocycles. The van der Waals surface area contributed by atoms with E-state index in [4.69, 9.17) is 3.63 Å². The van der Waals surface area contributed by atoms with Crippen LogP contribution in [0, 0.1) is 0 Å². The summed E-state index contributed by atoms with van der Waals surface area (Å²) in [6.07, 6.45) is 3.58. The minimum Gasteiger partial charge on any atom is -0.251 e. The maximum Gasteiger partial charge on any atom is 0.409 e. The van der Waals surface area contributed by atoms with Crippen LogP contribution in [0.4, 0.5) is 0 Å². The average molecular weight is 264 g/mol. The van der Waals surface area contributed by atoms with E-state index in [0.717, 1.165) is 12.7 Å². The van der Waals surface area contributed by atoms with E-state index >= 15 is 0 Å². The topological polar surface area (TPSA) is 52.6 Å². The molecule has 92 valence electrons. The predicted molar refractivity (Wildman–Crippen MR) is 66.6 cm³/mol. The second-order valence-electron chi connectivity index (χ2n) is 3.71. The minimum absolute atomic E-state index is 0.580. The third kappa shape index (κ3) is 4.52. The highest BCUT2D eigenvalue weighted by Crippen LogP contribution is 2.46. The average Bonchev–Trinajstić information content (AvgIpc) is 2.17. The van der Waals surface area contributed by atoms with Crippen molar-refractivity contribution in [3.05, 3.63) is 35.9 Å². The Kier molecular flexibility index (Phi) is 4.37. The van der Waals surface area contributed by atoms with Crippen molar-refractivity contribution in [2.45, 2.75) is 5.75 Å². The Bertz CT molecular complexity index is 425. The van der Waals surface area contributed by atoms with Crippen LogP contribution in [0.25, 0.3) is 0 Å². The van der Waals surface area contributed by atoms with Crippen molar-refractivity contribution < 1.29 is 16.2 Å². The molecule has 0 radical (unpaired) electrons. The summed E-state index contributed by atoms with van der Waals surface area (Å²) in [5, 5.41) is 0. The molecular formula is C10H16O4S2. The Hall–Kier alpha value is -0.560. The Morgan fingerprint density at radius 1 is 1.12 bits per heavy atom. The zero-order valence-electron chi connectivity index (χ0n) is 9.54. The lowest BCUT2D eigenvalue weighted by atomic mass is 10.2. The number of hydrogen-bond acceptors (Lipinski definition) is 4. The van der Waals surface area contributed by atoms with Gasteiger partial charge in [-0.2, -0.15) is 12.0 Å². The van der Waals surface area contributed by atoms with Crippen molar-refractivity contribution in [1.29, 1.82) is 0 Å². The van der Waals surface area contributed by atoms with E-state index in [2.05, 4.69) is 4.18 Å². The van der Waals surface area contributed by atoms with Crippen LogP contribution in [0.1, 0.15) is 5.56 Å². The van der Waals surface area contributed by atoms with Gasteiger partial charge in [0.2, 0.25) is 0 Å². The maximum atomic E-state index is 11.2. The maximum absolute atomic E-state index is 11.2. The molecular weight excluding hydrogens is 248 g/mol. The molecule has 1 aromatic rings. The molecule has 0 aliphatic carbocycles. The van der Waals surface area contributed by atoms with Gasteiger partial charge in [-0.3, -0.25) is 4.18 Å². The van der Waals surface area contributed by atoms with Gasteiger partial charge >= 0.3 is 10.4 Å². The monoisotopic (exact) mass is 264 g/mol. The number of hydrogen-bond donors (Lipinski definition) is 0. The van der Waals surface area contributed by atoms with Gasteiger partial charge in [-0.1, -0.05) is 30.3 Å². The highest BCUT2D eigenvalue weighted by Gasteiger charge is 2.22. The van der Waals surface area contributed by atoms with Crippen LogP contribution >= 0.6 is 10.3 Å². The van der Waals surface area contributed by atoms with Crippen LogP contribution in [-0.4, -0.2) is 28.0 Å². The van der Waals surface area contributed by atoms with Crippen LogP contribution in [0.2, 0.25) is 0 Å². The molecule has 0 heterocycles. The largest absolute Gasteiger partial charge is 0.409 e. The molecule has 0 amide bonds. The number of benzene rings is 1. The molecule has 0 aromatic heterocycles. The summed E-state index contributed by atoms with van der Waals surface area (Å²) in [4.78, 5) is 0. The lowest BCUT2D eigenvalue weighted by Crippen LogP contribution is -2.12. The third-order valence-electron chi connectivity index (χ3n) is 1.83. The molecule has 0 unspecified atom stereocenters. The van der Waals surface area contributed by atoms with E-state index in [0.29, 0.717) is 5.75 Å². The number of rotatable bonds is 5. The zero-order valence-corrected chi connectivity index (χ0v) is 11.2. The van der Waals surface area contributed by atoms with E-state index in [1.54, 1.807) is 12.5 Å². The summed E-state index contributed by atoms with van der Waals surface area (Å²) >= 11 is 0. The molecule has 0 atom stereocenters. The van der Waals surface area contributed by atoms with Crippen molar-refractivity contribution in [3.8, 4) is 0 Å². The third-order valence-corrected chi connectivity index (χ3v) is 5.41. The van der Waals surface area contributed by atoms with Crippen molar-refractivity contribution in [2.75, 3.05) is 19.6 Å². The van der Waals surface area contributed by atoms with Gasteiger partial charge < -0.3 is 0 Å². The Morgan fingerprint density at radius 2 is 1.69 bits per heavy atom. The highest BCUT2D eigenvalue weighted by atomic mass is 32.3. The van der Waals surface area contributed by atoms with Crippen LogP contribution in [0.15, 0.2) is 30.3 Å². The molecule has 1 aromatic carbocycles. The van der Waals surface area contributed by atoms with E-state index in [1.807, 2.05) is 30.3 Å². The van der Waals surface area contributed by atoms with Gasteiger partial charge in [-0.15, -0.1) is 10.3 Å². The molecule has 0 aliphatic rings. The summed E-state index contributed by atoms with van der Waals surface area (Å²) < 4.78 is 31.7. The van der Waals surface area contributed by atoms with Gasteiger partial charge in [-0.25, -0.2) is 0 Å². The molecule has 4 nitrogen and oxygen atoms in total. The normalized spacial score (nSPS) is 13.7. The first-order chi connectivity index (χ1) is 7.35. The second-order valence-corrected chi connectivity index (χ2v) is 8.57. The molecule has 0 saturated heterocycles. The molecule has 0 N–H and O–H groups in total. The predicted octanol–water partition coefficient (Wildman–Crippen LogP) is 2.07. The summed E-state index contributed by atoms with van der Waals surface area (Å²) in [5.74, 6) is 0.580. The molecule has 0 bridgehead atoms. The van der Waals surface area contributed by atoms with Crippen molar-refractivity contribution in [1.82, 2.24) is 0 Å². The van der Waals surface area contributed by atoms with Crippen LogP contribution < -0.4 is 0 Å². The summed E-state index contributed by atoms with van der Waals surface area (Å²) in [6, 6.07) is 9.62.